The van der Waals surface area contributed by atoms with Crippen LogP contribution in [0.3, 0.4) is 0 Å². The lowest BCUT2D eigenvalue weighted by Crippen LogP contribution is -2.35. The number of nitrogens with one attached hydrogen (secondary N) is 1. The zero-order chi connectivity index (χ0) is 18.2. The second-order valence-electron chi connectivity index (χ2n) is 6.36. The molecule has 0 radical (unpaired) electrons. The highest BCUT2D eigenvalue weighted by Crippen LogP contribution is 2.25. The van der Waals surface area contributed by atoms with Crippen molar-refractivity contribution in [3.8, 4) is 0 Å². The van der Waals surface area contributed by atoms with E-state index in [1.165, 1.54) is 0 Å². The van der Waals surface area contributed by atoms with Gasteiger partial charge in [0, 0.05) is 6.54 Å². The molecule has 3 rings (SSSR count). The molecule has 0 aliphatic rings. The van der Waals surface area contributed by atoms with E-state index < -0.39 is 12.0 Å². The summed E-state index contributed by atoms with van der Waals surface area (Å²) < 4.78 is 0. The smallest absolute Gasteiger partial charge is 0.226 e. The van der Waals surface area contributed by atoms with Crippen LogP contribution in [0.4, 0.5) is 0 Å². The topological polar surface area (TPSA) is 49.3 Å². The minimum absolute atomic E-state index is 0.144. The number of benzene rings is 3. The minimum Gasteiger partial charge on any atom is -0.388 e. The molecular weight excluding hydrogens is 322 g/mol. The first-order valence-corrected chi connectivity index (χ1v) is 8.82. The summed E-state index contributed by atoms with van der Waals surface area (Å²) in [6.45, 7) is 0.451. The Labute approximate surface area is 154 Å². The van der Waals surface area contributed by atoms with Crippen LogP contribution >= 0.6 is 0 Å². The maximum absolute atomic E-state index is 12.9. The number of aliphatic hydroxyl groups excluding tert-OH is 1. The maximum atomic E-state index is 12.9. The first kappa shape index (κ1) is 17.9. The van der Waals surface area contributed by atoms with Gasteiger partial charge in [0.1, 0.15) is 0 Å². The van der Waals surface area contributed by atoms with Crippen molar-refractivity contribution < 1.29 is 9.90 Å². The van der Waals surface area contributed by atoms with Gasteiger partial charge in [0.05, 0.1) is 12.0 Å². The predicted molar refractivity (Wildman–Crippen MR) is 103 cm³/mol. The molecule has 0 aliphatic heterocycles. The molecule has 0 saturated carbocycles. The molecule has 26 heavy (non-hydrogen) atoms. The third kappa shape index (κ3) is 4.80. The fourth-order valence-corrected chi connectivity index (χ4v) is 3.01. The molecule has 1 amide bonds. The minimum atomic E-state index is -0.854. The van der Waals surface area contributed by atoms with Gasteiger partial charge in [-0.2, -0.15) is 0 Å². The maximum Gasteiger partial charge on any atom is 0.226 e. The van der Waals surface area contributed by atoms with Crippen molar-refractivity contribution in [2.24, 2.45) is 5.92 Å². The largest absolute Gasteiger partial charge is 0.388 e. The summed E-state index contributed by atoms with van der Waals surface area (Å²) in [5.74, 6) is -0.697. The Bertz CT molecular complexity index is 803. The van der Waals surface area contributed by atoms with E-state index in [1.807, 2.05) is 91.0 Å². The number of carbonyl (C=O) groups is 1. The van der Waals surface area contributed by atoms with Crippen LogP contribution in [0, 0.1) is 5.92 Å². The number of aliphatic hydroxyl groups is 1. The fourth-order valence-electron chi connectivity index (χ4n) is 3.01. The van der Waals surface area contributed by atoms with E-state index in [4.69, 9.17) is 0 Å². The molecule has 0 fully saturated rings. The molecule has 0 aliphatic carbocycles. The van der Waals surface area contributed by atoms with E-state index in [0.717, 1.165) is 16.7 Å². The Kier molecular flexibility index (Phi) is 6.18. The summed E-state index contributed by atoms with van der Waals surface area (Å²) in [6.07, 6.45) is -0.371. The summed E-state index contributed by atoms with van der Waals surface area (Å²) >= 11 is 0. The highest BCUT2D eigenvalue weighted by molar-refractivity contribution is 5.79. The molecule has 132 valence electrons. The summed E-state index contributed by atoms with van der Waals surface area (Å²) in [7, 11) is 0. The van der Waals surface area contributed by atoms with Gasteiger partial charge >= 0.3 is 0 Å². The Morgan fingerprint density at radius 2 is 1.27 bits per heavy atom. The van der Waals surface area contributed by atoms with Gasteiger partial charge < -0.3 is 10.4 Å². The molecule has 2 N–H and O–H groups in total. The summed E-state index contributed by atoms with van der Waals surface area (Å²) in [4.78, 5) is 12.9. The van der Waals surface area contributed by atoms with Gasteiger partial charge in [0.15, 0.2) is 0 Å². The van der Waals surface area contributed by atoms with E-state index in [1.54, 1.807) is 0 Å². The Morgan fingerprint density at radius 1 is 0.769 bits per heavy atom. The van der Waals surface area contributed by atoms with Crippen LogP contribution in [0.1, 0.15) is 22.8 Å². The van der Waals surface area contributed by atoms with Gasteiger partial charge in [0.2, 0.25) is 5.91 Å². The van der Waals surface area contributed by atoms with Crippen LogP contribution in [-0.4, -0.2) is 11.0 Å². The molecule has 3 heteroatoms. The lowest BCUT2D eigenvalue weighted by atomic mass is 9.89. The average Bonchev–Trinajstić information content (AvgIpc) is 2.72. The van der Waals surface area contributed by atoms with Crippen LogP contribution in [0.15, 0.2) is 91.0 Å². The quantitative estimate of drug-likeness (QED) is 0.682. The van der Waals surface area contributed by atoms with Crippen LogP contribution in [0.2, 0.25) is 0 Å². The third-order valence-corrected chi connectivity index (χ3v) is 4.47. The molecule has 2 atom stereocenters. The summed E-state index contributed by atoms with van der Waals surface area (Å²) in [5, 5.41) is 13.8. The molecule has 0 saturated heterocycles. The van der Waals surface area contributed by atoms with E-state index in [-0.39, 0.29) is 5.91 Å². The van der Waals surface area contributed by atoms with E-state index in [9.17, 15) is 9.90 Å². The van der Waals surface area contributed by atoms with E-state index >= 15 is 0 Å². The molecular formula is C23H23NO2. The van der Waals surface area contributed by atoms with Crippen molar-refractivity contribution in [2.45, 2.75) is 19.1 Å². The second-order valence-corrected chi connectivity index (χ2v) is 6.36. The van der Waals surface area contributed by atoms with Crippen LogP contribution in [-0.2, 0) is 17.8 Å². The van der Waals surface area contributed by atoms with Crippen molar-refractivity contribution in [1.29, 1.82) is 0 Å². The SMILES string of the molecule is O=C(NCc1ccccc1)C(Cc1ccccc1)C(O)c1ccccc1. The number of carbonyl (C=O) groups excluding carboxylic acids is 1. The average molecular weight is 345 g/mol. The van der Waals surface area contributed by atoms with Gasteiger partial charge in [-0.05, 0) is 23.1 Å². The number of hydrogen-bond donors (Lipinski definition) is 2. The number of amides is 1. The first-order chi connectivity index (χ1) is 12.7. The Morgan fingerprint density at radius 3 is 1.85 bits per heavy atom. The zero-order valence-corrected chi connectivity index (χ0v) is 14.6. The van der Waals surface area contributed by atoms with Crippen LogP contribution < -0.4 is 5.32 Å². The fraction of sp³-hybridized carbons (Fsp3) is 0.174. The first-order valence-electron chi connectivity index (χ1n) is 8.82. The molecule has 3 aromatic rings. The normalized spacial score (nSPS) is 13.0. The molecule has 2 unspecified atom stereocenters. The standard InChI is InChI=1S/C23H23NO2/c25-22(20-14-8-3-9-15-20)21(16-18-10-4-1-5-11-18)23(26)24-17-19-12-6-2-7-13-19/h1-15,21-22,25H,16-17H2,(H,24,26). The van der Waals surface area contributed by atoms with Crippen molar-refractivity contribution >= 4 is 5.91 Å². The molecule has 0 aromatic heterocycles. The number of hydrogen-bond acceptors (Lipinski definition) is 2. The van der Waals surface area contributed by atoms with Crippen molar-refractivity contribution in [1.82, 2.24) is 5.32 Å². The van der Waals surface area contributed by atoms with Gasteiger partial charge in [-0.25, -0.2) is 0 Å². The van der Waals surface area contributed by atoms with Gasteiger partial charge in [0.25, 0.3) is 0 Å². The van der Waals surface area contributed by atoms with Gasteiger partial charge in [-0.1, -0.05) is 91.0 Å². The molecule has 0 bridgehead atoms. The second kappa shape index (κ2) is 8.97. The van der Waals surface area contributed by atoms with E-state index in [0.29, 0.717) is 13.0 Å². The monoisotopic (exact) mass is 345 g/mol. The lowest BCUT2D eigenvalue weighted by molar-refractivity contribution is -0.128. The molecule has 0 heterocycles. The predicted octanol–water partition coefficient (Wildman–Crippen LogP) is 3.90. The highest BCUT2D eigenvalue weighted by atomic mass is 16.3. The summed E-state index contributed by atoms with van der Waals surface area (Å²) in [5.41, 5.74) is 2.82. The Hall–Kier alpha value is -2.91. The van der Waals surface area contributed by atoms with Crippen molar-refractivity contribution in [2.75, 3.05) is 0 Å². The molecule has 3 nitrogen and oxygen atoms in total. The summed E-state index contributed by atoms with van der Waals surface area (Å²) in [6, 6.07) is 28.9. The van der Waals surface area contributed by atoms with Gasteiger partial charge in [-0.3, -0.25) is 4.79 Å². The van der Waals surface area contributed by atoms with Gasteiger partial charge in [-0.15, -0.1) is 0 Å². The molecule has 3 aromatic carbocycles. The van der Waals surface area contributed by atoms with Crippen LogP contribution in [0.5, 0.6) is 0 Å². The number of rotatable bonds is 7. The van der Waals surface area contributed by atoms with Crippen molar-refractivity contribution in [3.63, 3.8) is 0 Å². The Balaban J connectivity index is 1.76. The third-order valence-electron chi connectivity index (χ3n) is 4.47. The van der Waals surface area contributed by atoms with Crippen molar-refractivity contribution in [3.05, 3.63) is 108 Å². The molecule has 0 spiro atoms. The zero-order valence-electron chi connectivity index (χ0n) is 14.6. The highest BCUT2D eigenvalue weighted by Gasteiger charge is 2.28. The van der Waals surface area contributed by atoms with E-state index in [2.05, 4.69) is 5.32 Å². The lowest BCUT2D eigenvalue weighted by Gasteiger charge is -2.23. The van der Waals surface area contributed by atoms with Crippen LogP contribution in [0.25, 0.3) is 0 Å².